The van der Waals surface area contributed by atoms with E-state index < -0.39 is 6.95 Å². The van der Waals surface area contributed by atoms with E-state index in [9.17, 15) is 4.57 Å². The van der Waals surface area contributed by atoms with Gasteiger partial charge in [-0.15, -0.1) is 0 Å². The zero-order valence-corrected chi connectivity index (χ0v) is 8.32. The van der Waals surface area contributed by atoms with Crippen LogP contribution in [0.3, 0.4) is 0 Å². The summed E-state index contributed by atoms with van der Waals surface area (Å²) in [6, 6.07) is 0. The van der Waals surface area contributed by atoms with E-state index in [1.807, 2.05) is 13.8 Å². The molecule has 5 heteroatoms. The Morgan fingerprint density at radius 2 is 2.00 bits per heavy atom. The predicted molar refractivity (Wildman–Crippen MR) is 43.8 cm³/mol. The molecule has 1 saturated heterocycles. The molecule has 0 atom stereocenters. The van der Waals surface area contributed by atoms with Gasteiger partial charge >= 0.3 is 6.95 Å². The molecule has 1 aliphatic rings. The van der Waals surface area contributed by atoms with Crippen LogP contribution in [0, 0.1) is 5.41 Å². The smallest absolute Gasteiger partial charge is 0.296 e. The van der Waals surface area contributed by atoms with Gasteiger partial charge < -0.3 is 0 Å². The molecule has 0 spiro atoms. The first kappa shape index (κ1) is 9.53. The lowest BCUT2D eigenvalue weighted by Gasteiger charge is -2.33. The molecule has 0 N–H and O–H groups in total. The van der Waals surface area contributed by atoms with Crippen LogP contribution < -0.4 is 0 Å². The molecule has 0 saturated carbocycles. The first-order chi connectivity index (χ1) is 4.97. The largest absolute Gasteiger partial charge is 0.424 e. The average Bonchev–Trinajstić information content (AvgIpc) is 1.97. The maximum atomic E-state index is 11.0. The van der Waals surface area contributed by atoms with Crippen LogP contribution in [0.15, 0.2) is 0 Å². The molecule has 1 heterocycles. The van der Waals surface area contributed by atoms with Gasteiger partial charge in [0.1, 0.15) is 0 Å². The molecule has 0 unspecified atom stereocenters. The molecule has 0 aliphatic carbocycles. The number of hydrogen-bond acceptors (Lipinski definition) is 3. The van der Waals surface area contributed by atoms with Gasteiger partial charge in [0.05, 0.1) is 13.2 Å². The Labute approximate surface area is 71.3 Å². The molecule has 0 aromatic rings. The van der Waals surface area contributed by atoms with Crippen LogP contribution in [0.25, 0.3) is 0 Å². The summed E-state index contributed by atoms with van der Waals surface area (Å²) < 4.78 is 20.7. The fraction of sp³-hybridized carbons (Fsp3) is 1.00. The Morgan fingerprint density at radius 1 is 1.55 bits per heavy atom. The van der Waals surface area contributed by atoms with Crippen molar-refractivity contribution in [2.75, 3.05) is 13.2 Å². The van der Waals surface area contributed by atoms with E-state index in [0.29, 0.717) is 13.2 Å². The molecule has 0 bridgehead atoms. The topological polar surface area (TPSA) is 35.5 Å². The van der Waals surface area contributed by atoms with Gasteiger partial charge in [-0.05, 0) is 6.42 Å². The maximum Gasteiger partial charge on any atom is 0.424 e. The van der Waals surface area contributed by atoms with Gasteiger partial charge in [0.2, 0.25) is 0 Å². The highest BCUT2D eigenvalue weighted by atomic mass is 35.7. The summed E-state index contributed by atoms with van der Waals surface area (Å²) in [5.41, 5.74) is -0.0250. The third kappa shape index (κ3) is 2.45. The molecule has 1 fully saturated rings. The molecule has 66 valence electrons. The van der Waals surface area contributed by atoms with E-state index in [4.69, 9.17) is 20.3 Å². The highest BCUT2D eigenvalue weighted by molar-refractivity contribution is 7.81. The molecule has 0 radical (unpaired) electrons. The van der Waals surface area contributed by atoms with Gasteiger partial charge in [-0.1, -0.05) is 13.8 Å². The fourth-order valence-electron chi connectivity index (χ4n) is 0.749. The number of halogens is 1. The lowest BCUT2D eigenvalue weighted by Crippen LogP contribution is -2.30. The SMILES string of the molecule is CCC1(C)COP(=O)(Cl)OC1. The van der Waals surface area contributed by atoms with E-state index >= 15 is 0 Å². The average molecular weight is 199 g/mol. The Hall–Kier alpha value is 0.440. The highest BCUT2D eigenvalue weighted by Crippen LogP contribution is 2.58. The second kappa shape index (κ2) is 3.06. The standard InChI is InChI=1S/C6H12ClO3P/c1-3-6(2)4-9-11(7,8)10-5-6/h3-5H2,1-2H3. The van der Waals surface area contributed by atoms with Gasteiger partial charge in [-0.25, -0.2) is 4.57 Å². The zero-order chi connectivity index (χ0) is 8.54. The second-order valence-corrected chi connectivity index (χ2v) is 5.76. The summed E-state index contributed by atoms with van der Waals surface area (Å²) in [7, 11) is 0. The van der Waals surface area contributed by atoms with Crippen molar-refractivity contribution in [1.82, 2.24) is 0 Å². The lowest BCUT2D eigenvalue weighted by atomic mass is 9.90. The van der Waals surface area contributed by atoms with Crippen molar-refractivity contribution in [2.24, 2.45) is 5.41 Å². The Bertz CT molecular complexity index is 182. The van der Waals surface area contributed by atoms with Gasteiger partial charge in [-0.2, -0.15) is 0 Å². The van der Waals surface area contributed by atoms with Crippen molar-refractivity contribution < 1.29 is 13.6 Å². The van der Waals surface area contributed by atoms with Crippen LogP contribution >= 0.6 is 18.2 Å². The Morgan fingerprint density at radius 3 is 2.36 bits per heavy atom. The van der Waals surface area contributed by atoms with Crippen LogP contribution in [0.2, 0.25) is 0 Å². The van der Waals surface area contributed by atoms with E-state index in [1.54, 1.807) is 0 Å². The molecular formula is C6H12ClO3P. The number of hydrogen-bond donors (Lipinski definition) is 0. The first-order valence-corrected chi connectivity index (χ1v) is 6.01. The zero-order valence-electron chi connectivity index (χ0n) is 6.67. The number of rotatable bonds is 1. The monoisotopic (exact) mass is 198 g/mol. The van der Waals surface area contributed by atoms with Crippen molar-refractivity contribution in [3.63, 3.8) is 0 Å². The summed E-state index contributed by atoms with van der Waals surface area (Å²) in [5, 5.41) is 0. The van der Waals surface area contributed by atoms with Crippen molar-refractivity contribution in [3.05, 3.63) is 0 Å². The second-order valence-electron chi connectivity index (χ2n) is 3.14. The van der Waals surface area contributed by atoms with Crippen LogP contribution in [0.1, 0.15) is 20.3 Å². The van der Waals surface area contributed by atoms with Crippen molar-refractivity contribution in [3.8, 4) is 0 Å². The van der Waals surface area contributed by atoms with E-state index in [2.05, 4.69) is 0 Å². The van der Waals surface area contributed by atoms with Gasteiger partial charge in [0.15, 0.2) is 0 Å². The quantitative estimate of drug-likeness (QED) is 0.608. The minimum Gasteiger partial charge on any atom is -0.296 e. The van der Waals surface area contributed by atoms with Gasteiger partial charge in [-0.3, -0.25) is 9.05 Å². The van der Waals surface area contributed by atoms with Crippen LogP contribution in [0.4, 0.5) is 0 Å². The molecule has 0 amide bonds. The van der Waals surface area contributed by atoms with Crippen molar-refractivity contribution in [1.29, 1.82) is 0 Å². The maximum absolute atomic E-state index is 11.0. The van der Waals surface area contributed by atoms with E-state index in [-0.39, 0.29) is 5.41 Å². The lowest BCUT2D eigenvalue weighted by molar-refractivity contribution is 0.0340. The first-order valence-electron chi connectivity index (χ1n) is 3.56. The summed E-state index contributed by atoms with van der Waals surface area (Å²) in [4.78, 5) is 0. The minimum atomic E-state index is -3.21. The van der Waals surface area contributed by atoms with Crippen molar-refractivity contribution >= 4 is 18.2 Å². The molecule has 3 nitrogen and oxygen atoms in total. The molecule has 0 aromatic heterocycles. The highest BCUT2D eigenvalue weighted by Gasteiger charge is 2.36. The summed E-state index contributed by atoms with van der Waals surface area (Å²) in [5.74, 6) is 0. The predicted octanol–water partition coefficient (Wildman–Crippen LogP) is 2.80. The summed E-state index contributed by atoms with van der Waals surface area (Å²) >= 11 is 5.37. The fourth-order valence-corrected chi connectivity index (χ4v) is 2.05. The normalized spacial score (nSPS) is 45.7. The Balaban J connectivity index is 2.54. The molecule has 0 aromatic carbocycles. The van der Waals surface area contributed by atoms with Gasteiger partial charge in [0, 0.05) is 16.7 Å². The van der Waals surface area contributed by atoms with E-state index in [0.717, 1.165) is 6.42 Å². The Kier molecular flexibility index (Phi) is 2.65. The summed E-state index contributed by atoms with van der Waals surface area (Å²) in [6.07, 6.45) is 0.934. The minimum absolute atomic E-state index is 0.0250. The molecule has 11 heavy (non-hydrogen) atoms. The van der Waals surface area contributed by atoms with Gasteiger partial charge in [0.25, 0.3) is 0 Å². The molecule has 1 rings (SSSR count). The third-order valence-electron chi connectivity index (χ3n) is 1.99. The summed E-state index contributed by atoms with van der Waals surface area (Å²) in [6.45, 7) is 1.69. The van der Waals surface area contributed by atoms with Crippen molar-refractivity contribution in [2.45, 2.75) is 20.3 Å². The third-order valence-corrected chi connectivity index (χ3v) is 3.45. The molecular weight excluding hydrogens is 186 g/mol. The van der Waals surface area contributed by atoms with E-state index in [1.165, 1.54) is 0 Å². The van der Waals surface area contributed by atoms with Crippen LogP contribution in [0.5, 0.6) is 0 Å². The van der Waals surface area contributed by atoms with Crippen LogP contribution in [-0.2, 0) is 13.6 Å². The molecule has 1 aliphatic heterocycles. The van der Waals surface area contributed by atoms with Crippen LogP contribution in [-0.4, -0.2) is 13.2 Å².